The maximum absolute atomic E-state index is 5.73. The topological polar surface area (TPSA) is 58.4 Å². The molecule has 0 spiro atoms. The Labute approximate surface area is 144 Å². The number of aromatic nitrogens is 3. The van der Waals surface area contributed by atoms with Gasteiger partial charge in [0.2, 0.25) is 0 Å². The van der Waals surface area contributed by atoms with Gasteiger partial charge in [0.15, 0.2) is 0 Å². The van der Waals surface area contributed by atoms with Gasteiger partial charge in [-0.15, -0.1) is 5.10 Å². The van der Waals surface area contributed by atoms with Crippen molar-refractivity contribution in [2.45, 2.75) is 26.2 Å². The summed E-state index contributed by atoms with van der Waals surface area (Å²) in [4.78, 5) is 1.59. The largest absolute Gasteiger partial charge is 0.377 e. The molecule has 0 aliphatic carbocycles. The lowest BCUT2D eigenvalue weighted by atomic mass is 10.2. The molecule has 2 aromatic rings. The average Bonchev–Trinajstić information content (AvgIpc) is 2.98. The minimum Gasteiger partial charge on any atom is -0.377 e. The van der Waals surface area contributed by atoms with E-state index in [1.807, 2.05) is 25.1 Å². The second kappa shape index (κ2) is 10.5. The zero-order valence-electron chi connectivity index (χ0n) is 13.2. The lowest BCUT2D eigenvalue weighted by Crippen LogP contribution is -2.18. The van der Waals surface area contributed by atoms with Crippen LogP contribution in [0.15, 0.2) is 41.1 Å². The molecule has 6 nitrogen and oxygen atoms in total. The van der Waals surface area contributed by atoms with Gasteiger partial charge < -0.3 is 14.2 Å². The molecule has 1 aromatic carbocycles. The third kappa shape index (κ3) is 7.69. The first-order valence-electron chi connectivity index (χ1n) is 7.60. The molecule has 126 valence electrons. The predicted octanol–water partition coefficient (Wildman–Crippen LogP) is 2.68. The molecule has 1 atom stereocenters. The van der Waals surface area contributed by atoms with Crippen molar-refractivity contribution in [3.8, 4) is 0 Å². The number of hydrogen-bond donors (Lipinski definition) is 0. The third-order valence-corrected chi connectivity index (χ3v) is 3.41. The molecule has 7 heteroatoms. The van der Waals surface area contributed by atoms with E-state index in [1.165, 1.54) is 5.56 Å². The zero-order valence-corrected chi connectivity index (χ0v) is 14.8. The van der Waals surface area contributed by atoms with Crippen LogP contribution in [-0.2, 0) is 27.4 Å². The average molecular weight is 384 g/mol. The molecule has 2 rings (SSSR count). The minimum absolute atomic E-state index is 0.0563. The Morgan fingerprint density at radius 1 is 1.13 bits per heavy atom. The standard InChI is InChI=1S/C16H22BrN3O3/c1-14(23-13-15-5-3-2-4-6-15)12-22-10-9-21-8-7-20-18-11-16(17)19-20/h2-6,11,14H,7-10,12-13H2,1H3. The third-order valence-electron chi connectivity index (χ3n) is 3.05. The summed E-state index contributed by atoms with van der Waals surface area (Å²) in [5.74, 6) is 0. The van der Waals surface area contributed by atoms with Gasteiger partial charge in [-0.25, -0.2) is 0 Å². The van der Waals surface area contributed by atoms with Gasteiger partial charge >= 0.3 is 0 Å². The summed E-state index contributed by atoms with van der Waals surface area (Å²) in [5.41, 5.74) is 1.17. The van der Waals surface area contributed by atoms with Crippen molar-refractivity contribution >= 4 is 15.9 Å². The number of hydrogen-bond acceptors (Lipinski definition) is 5. The van der Waals surface area contributed by atoms with Gasteiger partial charge in [0.25, 0.3) is 0 Å². The van der Waals surface area contributed by atoms with Crippen LogP contribution in [0.5, 0.6) is 0 Å². The first-order chi connectivity index (χ1) is 11.2. The van der Waals surface area contributed by atoms with Crippen molar-refractivity contribution in [3.63, 3.8) is 0 Å². The molecule has 23 heavy (non-hydrogen) atoms. The molecule has 0 fully saturated rings. The summed E-state index contributed by atoms with van der Waals surface area (Å²) in [6, 6.07) is 10.1. The highest BCUT2D eigenvalue weighted by atomic mass is 79.9. The quantitative estimate of drug-likeness (QED) is 0.558. The highest BCUT2D eigenvalue weighted by Crippen LogP contribution is 2.03. The van der Waals surface area contributed by atoms with Gasteiger partial charge in [0.1, 0.15) is 4.60 Å². The van der Waals surface area contributed by atoms with E-state index in [0.29, 0.717) is 39.6 Å². The van der Waals surface area contributed by atoms with Gasteiger partial charge in [-0.3, -0.25) is 0 Å². The lowest BCUT2D eigenvalue weighted by Gasteiger charge is -2.13. The van der Waals surface area contributed by atoms with Crippen LogP contribution in [0, 0.1) is 0 Å². The van der Waals surface area contributed by atoms with Gasteiger partial charge in [0.05, 0.1) is 51.9 Å². The monoisotopic (exact) mass is 383 g/mol. The Morgan fingerprint density at radius 3 is 2.65 bits per heavy atom. The molecule has 0 N–H and O–H groups in total. The molecule has 1 unspecified atom stereocenters. The summed E-state index contributed by atoms with van der Waals surface area (Å²) < 4.78 is 17.5. The molecule has 0 saturated carbocycles. The van der Waals surface area contributed by atoms with Crippen LogP contribution in [0.4, 0.5) is 0 Å². The maximum atomic E-state index is 5.73. The first kappa shape index (κ1) is 18.1. The second-order valence-corrected chi connectivity index (χ2v) is 5.87. The smallest absolute Gasteiger partial charge is 0.148 e. The highest BCUT2D eigenvalue weighted by molar-refractivity contribution is 9.10. The molecular weight excluding hydrogens is 362 g/mol. The Balaban J connectivity index is 1.44. The Kier molecular flexibility index (Phi) is 8.24. The number of ether oxygens (including phenoxy) is 3. The van der Waals surface area contributed by atoms with Crippen LogP contribution >= 0.6 is 15.9 Å². The molecule has 0 amide bonds. The molecular formula is C16H22BrN3O3. The summed E-state index contributed by atoms with van der Waals surface area (Å²) in [6.07, 6.45) is 1.71. The highest BCUT2D eigenvalue weighted by Gasteiger charge is 2.03. The predicted molar refractivity (Wildman–Crippen MR) is 90.1 cm³/mol. The van der Waals surface area contributed by atoms with Crippen molar-refractivity contribution in [3.05, 3.63) is 46.7 Å². The van der Waals surface area contributed by atoms with E-state index in [0.717, 1.165) is 4.60 Å². The van der Waals surface area contributed by atoms with Crippen LogP contribution in [0.1, 0.15) is 12.5 Å². The Hall–Kier alpha value is -1.28. The second-order valence-electron chi connectivity index (χ2n) is 5.06. The van der Waals surface area contributed by atoms with Crippen molar-refractivity contribution in [1.29, 1.82) is 0 Å². The number of halogens is 1. The van der Waals surface area contributed by atoms with E-state index in [-0.39, 0.29) is 6.10 Å². The SMILES string of the molecule is CC(COCCOCCn1ncc(Br)n1)OCc1ccccc1. The fourth-order valence-corrected chi connectivity index (χ4v) is 2.13. The van der Waals surface area contributed by atoms with Crippen LogP contribution < -0.4 is 0 Å². The zero-order chi connectivity index (χ0) is 16.3. The summed E-state index contributed by atoms with van der Waals surface area (Å²) in [7, 11) is 0. The minimum atomic E-state index is 0.0563. The molecule has 1 aromatic heterocycles. The van der Waals surface area contributed by atoms with Crippen LogP contribution in [0.2, 0.25) is 0 Å². The molecule has 0 bridgehead atoms. The molecule has 0 aliphatic heterocycles. The Bertz CT molecular complexity index is 551. The molecule has 0 saturated heterocycles. The van der Waals surface area contributed by atoms with E-state index in [9.17, 15) is 0 Å². The first-order valence-corrected chi connectivity index (χ1v) is 8.40. The van der Waals surface area contributed by atoms with E-state index in [2.05, 4.69) is 38.3 Å². The fraction of sp³-hybridized carbons (Fsp3) is 0.500. The molecule has 0 aliphatic rings. The maximum Gasteiger partial charge on any atom is 0.148 e. The lowest BCUT2D eigenvalue weighted by molar-refractivity contribution is -0.0303. The van der Waals surface area contributed by atoms with Gasteiger partial charge in [-0.2, -0.15) is 9.90 Å². The van der Waals surface area contributed by atoms with Crippen molar-refractivity contribution in [2.75, 3.05) is 26.4 Å². The van der Waals surface area contributed by atoms with Crippen molar-refractivity contribution < 1.29 is 14.2 Å². The number of benzene rings is 1. The van der Waals surface area contributed by atoms with Crippen LogP contribution in [-0.4, -0.2) is 47.5 Å². The van der Waals surface area contributed by atoms with Gasteiger partial charge in [-0.1, -0.05) is 30.3 Å². The summed E-state index contributed by atoms with van der Waals surface area (Å²) in [6.45, 7) is 5.46. The number of rotatable bonds is 11. The molecule has 0 radical (unpaired) electrons. The van der Waals surface area contributed by atoms with E-state index >= 15 is 0 Å². The van der Waals surface area contributed by atoms with E-state index in [4.69, 9.17) is 14.2 Å². The number of nitrogens with zero attached hydrogens (tertiary/aromatic N) is 3. The van der Waals surface area contributed by atoms with Crippen molar-refractivity contribution in [2.24, 2.45) is 0 Å². The summed E-state index contributed by atoms with van der Waals surface area (Å²) in [5, 5.41) is 8.16. The van der Waals surface area contributed by atoms with Gasteiger partial charge in [-0.05, 0) is 28.4 Å². The Morgan fingerprint density at radius 2 is 1.91 bits per heavy atom. The van der Waals surface area contributed by atoms with Gasteiger partial charge in [0, 0.05) is 0 Å². The van der Waals surface area contributed by atoms with Crippen LogP contribution in [0.3, 0.4) is 0 Å². The molecule has 1 heterocycles. The fourth-order valence-electron chi connectivity index (χ4n) is 1.86. The normalized spacial score (nSPS) is 12.4. The van der Waals surface area contributed by atoms with Crippen molar-refractivity contribution in [1.82, 2.24) is 15.0 Å². The van der Waals surface area contributed by atoms with E-state index < -0.39 is 0 Å². The summed E-state index contributed by atoms with van der Waals surface area (Å²) >= 11 is 3.25. The van der Waals surface area contributed by atoms with Crippen LogP contribution in [0.25, 0.3) is 0 Å². The van der Waals surface area contributed by atoms with E-state index in [1.54, 1.807) is 11.0 Å².